The first-order chi connectivity index (χ1) is 12.0. The lowest BCUT2D eigenvalue weighted by Gasteiger charge is -2.16. The average Bonchev–Trinajstić information content (AvgIpc) is 2.60. The Morgan fingerprint density at radius 2 is 1.72 bits per heavy atom. The minimum atomic E-state index is -0.609. The Bertz CT molecular complexity index is 755. The number of hydrogen-bond donors (Lipinski definition) is 1. The molecule has 0 heterocycles. The quantitative estimate of drug-likeness (QED) is 0.625. The zero-order chi connectivity index (χ0) is 18.2. The van der Waals surface area contributed by atoms with E-state index in [0.29, 0.717) is 11.3 Å². The lowest BCUT2D eigenvalue weighted by atomic mass is 10.0. The van der Waals surface area contributed by atoms with E-state index in [2.05, 4.69) is 11.9 Å². The maximum Gasteiger partial charge on any atom is 0.412 e. The van der Waals surface area contributed by atoms with Gasteiger partial charge in [-0.05, 0) is 25.5 Å². The third-order valence-corrected chi connectivity index (χ3v) is 3.35. The van der Waals surface area contributed by atoms with Crippen LogP contribution in [0.25, 0.3) is 11.1 Å². The Morgan fingerprint density at radius 1 is 1.08 bits per heavy atom. The summed E-state index contributed by atoms with van der Waals surface area (Å²) in [4.78, 5) is 23.4. The predicted octanol–water partition coefficient (Wildman–Crippen LogP) is 4.41. The molecule has 0 bridgehead atoms. The Labute approximate surface area is 147 Å². The Kier molecular flexibility index (Phi) is 6.34. The largest absolute Gasteiger partial charge is 0.458 e. The summed E-state index contributed by atoms with van der Waals surface area (Å²) in [5, 5.41) is 2.73. The zero-order valence-electron chi connectivity index (χ0n) is 14.3. The van der Waals surface area contributed by atoms with Gasteiger partial charge in [-0.25, -0.2) is 9.59 Å². The van der Waals surface area contributed by atoms with Gasteiger partial charge in [0.2, 0.25) is 0 Å². The second-order valence-electron chi connectivity index (χ2n) is 5.63. The molecule has 2 aromatic rings. The number of para-hydroxylation sites is 1. The first kappa shape index (κ1) is 18.3. The Morgan fingerprint density at radius 3 is 2.40 bits per heavy atom. The van der Waals surface area contributed by atoms with E-state index >= 15 is 0 Å². The van der Waals surface area contributed by atoms with Crippen LogP contribution in [-0.4, -0.2) is 24.8 Å². The van der Waals surface area contributed by atoms with E-state index in [0.717, 1.165) is 11.1 Å². The van der Waals surface area contributed by atoms with Crippen LogP contribution < -0.4 is 5.32 Å². The molecule has 0 spiro atoms. The molecule has 0 aromatic heterocycles. The summed E-state index contributed by atoms with van der Waals surface area (Å²) in [5.41, 5.74) is 2.82. The molecule has 0 fully saturated rings. The van der Waals surface area contributed by atoms with Crippen LogP contribution in [0.1, 0.15) is 13.8 Å². The lowest BCUT2D eigenvalue weighted by molar-refractivity contribution is -0.141. The molecule has 25 heavy (non-hydrogen) atoms. The summed E-state index contributed by atoms with van der Waals surface area (Å²) in [6.45, 7) is 6.67. The van der Waals surface area contributed by atoms with Gasteiger partial charge >= 0.3 is 12.1 Å². The van der Waals surface area contributed by atoms with Gasteiger partial charge in [-0.2, -0.15) is 0 Å². The minimum absolute atomic E-state index is 0.0283. The van der Waals surface area contributed by atoms with Crippen molar-refractivity contribution in [2.24, 2.45) is 0 Å². The number of nitrogens with one attached hydrogen (secondary N) is 1. The molecule has 1 atom stereocenters. The van der Waals surface area contributed by atoms with Crippen LogP contribution in [0.5, 0.6) is 0 Å². The van der Waals surface area contributed by atoms with Crippen LogP contribution in [0.4, 0.5) is 10.5 Å². The van der Waals surface area contributed by atoms with Gasteiger partial charge in [-0.1, -0.05) is 55.1 Å². The number of ether oxygens (including phenoxy) is 2. The van der Waals surface area contributed by atoms with Crippen molar-refractivity contribution >= 4 is 17.7 Å². The third-order valence-electron chi connectivity index (χ3n) is 3.35. The molecule has 0 aliphatic rings. The molecule has 0 aliphatic heterocycles. The van der Waals surface area contributed by atoms with Crippen LogP contribution in [0.15, 0.2) is 66.7 Å². The number of benzene rings is 2. The maximum atomic E-state index is 12.1. The Hall–Kier alpha value is -3.08. The summed E-state index contributed by atoms with van der Waals surface area (Å²) in [6.07, 6.45) is -1.19. The second kappa shape index (κ2) is 8.68. The van der Waals surface area contributed by atoms with Crippen LogP contribution in [0.2, 0.25) is 0 Å². The van der Waals surface area contributed by atoms with Crippen LogP contribution in [0.3, 0.4) is 0 Å². The second-order valence-corrected chi connectivity index (χ2v) is 5.63. The molecule has 5 heteroatoms. The SMILES string of the molecule is C=C(C)C(=O)OCC(C)OC(=O)Nc1ccccc1-c1ccccc1. The molecular weight excluding hydrogens is 318 g/mol. The van der Waals surface area contributed by atoms with Crippen molar-refractivity contribution in [3.05, 3.63) is 66.7 Å². The van der Waals surface area contributed by atoms with Crippen molar-refractivity contribution in [1.82, 2.24) is 0 Å². The molecule has 1 unspecified atom stereocenters. The van der Waals surface area contributed by atoms with E-state index < -0.39 is 18.2 Å². The van der Waals surface area contributed by atoms with Gasteiger partial charge in [-0.3, -0.25) is 5.32 Å². The molecule has 2 rings (SSSR count). The summed E-state index contributed by atoms with van der Waals surface area (Å²) in [6, 6.07) is 17.2. The fraction of sp³-hybridized carbons (Fsp3) is 0.200. The third kappa shape index (κ3) is 5.49. The van der Waals surface area contributed by atoms with E-state index in [1.54, 1.807) is 19.9 Å². The van der Waals surface area contributed by atoms with Gasteiger partial charge in [0.25, 0.3) is 0 Å². The fourth-order valence-electron chi connectivity index (χ4n) is 2.13. The predicted molar refractivity (Wildman–Crippen MR) is 97.2 cm³/mol. The fourth-order valence-corrected chi connectivity index (χ4v) is 2.13. The van der Waals surface area contributed by atoms with Gasteiger partial charge in [0.1, 0.15) is 12.7 Å². The zero-order valence-corrected chi connectivity index (χ0v) is 14.3. The first-order valence-electron chi connectivity index (χ1n) is 7.92. The van der Waals surface area contributed by atoms with E-state index in [1.165, 1.54) is 0 Å². The number of amides is 1. The number of hydrogen-bond acceptors (Lipinski definition) is 4. The molecule has 0 aliphatic carbocycles. The van der Waals surface area contributed by atoms with E-state index in [1.807, 2.05) is 48.5 Å². The van der Waals surface area contributed by atoms with Crippen molar-refractivity contribution in [3.63, 3.8) is 0 Å². The molecule has 0 radical (unpaired) electrons. The van der Waals surface area contributed by atoms with E-state index in [-0.39, 0.29) is 6.61 Å². The highest BCUT2D eigenvalue weighted by Gasteiger charge is 2.14. The van der Waals surface area contributed by atoms with Gasteiger partial charge in [-0.15, -0.1) is 0 Å². The maximum absolute atomic E-state index is 12.1. The smallest absolute Gasteiger partial charge is 0.412 e. The minimum Gasteiger partial charge on any atom is -0.458 e. The average molecular weight is 339 g/mol. The molecule has 0 saturated heterocycles. The van der Waals surface area contributed by atoms with Gasteiger partial charge in [0.15, 0.2) is 0 Å². The number of carbonyl (C=O) groups excluding carboxylic acids is 2. The van der Waals surface area contributed by atoms with Crippen molar-refractivity contribution in [2.45, 2.75) is 20.0 Å². The normalized spacial score (nSPS) is 11.3. The molecule has 1 amide bonds. The van der Waals surface area contributed by atoms with Gasteiger partial charge in [0.05, 0.1) is 5.69 Å². The highest BCUT2D eigenvalue weighted by molar-refractivity contribution is 5.91. The summed E-state index contributed by atoms with van der Waals surface area (Å²) < 4.78 is 10.2. The number of anilines is 1. The molecule has 0 saturated carbocycles. The van der Waals surface area contributed by atoms with Crippen LogP contribution in [0, 0.1) is 0 Å². The number of rotatable bonds is 6. The van der Waals surface area contributed by atoms with E-state index in [9.17, 15) is 9.59 Å². The lowest BCUT2D eigenvalue weighted by Crippen LogP contribution is -2.25. The van der Waals surface area contributed by atoms with Crippen molar-refractivity contribution < 1.29 is 19.1 Å². The van der Waals surface area contributed by atoms with Gasteiger partial charge in [0, 0.05) is 11.1 Å². The van der Waals surface area contributed by atoms with Crippen molar-refractivity contribution in [2.75, 3.05) is 11.9 Å². The summed E-state index contributed by atoms with van der Waals surface area (Å²) in [5.74, 6) is -0.509. The molecule has 2 aromatic carbocycles. The topological polar surface area (TPSA) is 64.6 Å². The van der Waals surface area contributed by atoms with Crippen LogP contribution >= 0.6 is 0 Å². The summed E-state index contributed by atoms with van der Waals surface area (Å²) >= 11 is 0. The van der Waals surface area contributed by atoms with E-state index in [4.69, 9.17) is 9.47 Å². The number of carbonyl (C=O) groups is 2. The number of esters is 1. The van der Waals surface area contributed by atoms with Crippen molar-refractivity contribution in [1.29, 1.82) is 0 Å². The van der Waals surface area contributed by atoms with Crippen molar-refractivity contribution in [3.8, 4) is 11.1 Å². The molecule has 5 nitrogen and oxygen atoms in total. The highest BCUT2D eigenvalue weighted by atomic mass is 16.6. The van der Waals surface area contributed by atoms with Crippen LogP contribution in [-0.2, 0) is 14.3 Å². The monoisotopic (exact) mass is 339 g/mol. The molecular formula is C20H21NO4. The molecule has 130 valence electrons. The first-order valence-corrected chi connectivity index (χ1v) is 7.92. The Balaban J connectivity index is 1.97. The standard InChI is InChI=1S/C20H21NO4/c1-14(2)19(22)24-13-15(3)25-20(23)21-18-12-8-7-11-17(18)16-9-5-4-6-10-16/h4-12,15H,1,13H2,2-3H3,(H,21,23). The highest BCUT2D eigenvalue weighted by Crippen LogP contribution is 2.27. The summed E-state index contributed by atoms with van der Waals surface area (Å²) in [7, 11) is 0. The molecule has 1 N–H and O–H groups in total. The van der Waals surface area contributed by atoms with Gasteiger partial charge < -0.3 is 9.47 Å².